The summed E-state index contributed by atoms with van der Waals surface area (Å²) >= 11 is 1.35. The number of benzene rings is 2. The van der Waals surface area contributed by atoms with Gasteiger partial charge in [-0.2, -0.15) is 0 Å². The van der Waals surface area contributed by atoms with Crippen LogP contribution in [0.5, 0.6) is 17.2 Å². The van der Waals surface area contributed by atoms with Gasteiger partial charge in [0.05, 0.1) is 12.1 Å². The fourth-order valence-corrected chi connectivity index (χ4v) is 3.95. The molecule has 2 aromatic heterocycles. The smallest absolute Gasteiger partial charge is 0.230 e. The second kappa shape index (κ2) is 12.0. The van der Waals surface area contributed by atoms with Crippen LogP contribution in [0, 0.1) is 5.82 Å². The molecule has 2 N–H and O–H groups in total. The summed E-state index contributed by atoms with van der Waals surface area (Å²) < 4.78 is 25.9. The molecule has 4 rings (SSSR count). The number of hydrogen-bond donors (Lipinski definition) is 2. The van der Waals surface area contributed by atoms with Crippen molar-refractivity contribution < 1.29 is 18.7 Å². The van der Waals surface area contributed by atoms with Crippen LogP contribution in [0.25, 0.3) is 0 Å². The van der Waals surface area contributed by atoms with Crippen molar-refractivity contribution in [1.29, 1.82) is 0 Å². The highest BCUT2D eigenvalue weighted by molar-refractivity contribution is 7.13. The zero-order valence-electron chi connectivity index (χ0n) is 19.2. The summed E-state index contributed by atoms with van der Waals surface area (Å²) in [5.74, 6) is 0.595. The van der Waals surface area contributed by atoms with Crippen molar-refractivity contribution in [1.82, 2.24) is 15.3 Å². The first-order valence-corrected chi connectivity index (χ1v) is 11.9. The molecule has 0 radical (unpaired) electrons. The molecular weight excluding hydrogens is 467 g/mol. The quantitative estimate of drug-likeness (QED) is 0.307. The van der Waals surface area contributed by atoms with Crippen molar-refractivity contribution in [2.45, 2.75) is 19.4 Å². The van der Waals surface area contributed by atoms with Gasteiger partial charge in [-0.25, -0.2) is 9.37 Å². The van der Waals surface area contributed by atoms with E-state index < -0.39 is 5.82 Å². The van der Waals surface area contributed by atoms with Gasteiger partial charge >= 0.3 is 0 Å². The molecule has 0 bridgehead atoms. The van der Waals surface area contributed by atoms with Crippen molar-refractivity contribution in [3.63, 3.8) is 0 Å². The normalized spacial score (nSPS) is 10.7. The highest BCUT2D eigenvalue weighted by Gasteiger charge is 2.17. The second-order valence-corrected chi connectivity index (χ2v) is 8.55. The Kier molecular flexibility index (Phi) is 8.37. The number of halogens is 1. The van der Waals surface area contributed by atoms with Crippen LogP contribution < -0.4 is 20.1 Å². The molecule has 0 atom stereocenters. The number of amides is 1. The minimum absolute atomic E-state index is 0.124. The third kappa shape index (κ3) is 7.08. The number of likely N-dealkylation sites (N-methyl/N-ethyl adjacent to an activating group) is 1. The topological polar surface area (TPSA) is 85.4 Å². The first-order valence-electron chi connectivity index (χ1n) is 11.1. The monoisotopic (exact) mass is 492 g/mol. The Morgan fingerprint density at radius 3 is 2.66 bits per heavy atom. The number of ether oxygens (including phenoxy) is 2. The summed E-state index contributed by atoms with van der Waals surface area (Å²) in [5.41, 5.74) is 2.48. The van der Waals surface area contributed by atoms with Gasteiger partial charge in [-0.3, -0.25) is 9.78 Å². The lowest BCUT2D eigenvalue weighted by Gasteiger charge is -2.18. The molecule has 2 heterocycles. The SMILES string of the molecule is CNCCc1cc(OCc2ccccn2)c(Oc2cccc(F)c2)cc1CC(=O)Nc1nccs1. The average Bonchev–Trinajstić information content (AvgIpc) is 3.36. The predicted octanol–water partition coefficient (Wildman–Crippen LogP) is 4.99. The Morgan fingerprint density at radius 1 is 1.03 bits per heavy atom. The maximum atomic E-state index is 13.8. The van der Waals surface area contributed by atoms with E-state index in [0.29, 0.717) is 35.3 Å². The summed E-state index contributed by atoms with van der Waals surface area (Å²) in [7, 11) is 1.87. The van der Waals surface area contributed by atoms with Crippen LogP contribution in [-0.4, -0.2) is 29.5 Å². The molecule has 0 unspecified atom stereocenters. The van der Waals surface area contributed by atoms with Gasteiger partial charge in [0.25, 0.3) is 0 Å². The van der Waals surface area contributed by atoms with E-state index in [1.807, 2.05) is 31.3 Å². The van der Waals surface area contributed by atoms with Gasteiger partial charge in [-0.05, 0) is 67.5 Å². The molecule has 4 aromatic rings. The Hall–Kier alpha value is -3.82. The van der Waals surface area contributed by atoms with E-state index in [1.165, 1.54) is 23.5 Å². The molecule has 0 aliphatic heterocycles. The number of pyridine rings is 1. The lowest BCUT2D eigenvalue weighted by Crippen LogP contribution is -2.17. The average molecular weight is 493 g/mol. The zero-order valence-corrected chi connectivity index (χ0v) is 20.0. The fourth-order valence-electron chi connectivity index (χ4n) is 3.41. The first-order chi connectivity index (χ1) is 17.1. The number of carbonyl (C=O) groups excluding carboxylic acids is 1. The molecule has 0 saturated heterocycles. The fraction of sp³-hybridized carbons (Fsp3) is 0.192. The van der Waals surface area contributed by atoms with Gasteiger partial charge in [0, 0.05) is 23.8 Å². The van der Waals surface area contributed by atoms with E-state index in [9.17, 15) is 9.18 Å². The summed E-state index contributed by atoms with van der Waals surface area (Å²) in [6.07, 6.45) is 4.14. The molecule has 0 aliphatic rings. The lowest BCUT2D eigenvalue weighted by molar-refractivity contribution is -0.115. The summed E-state index contributed by atoms with van der Waals surface area (Å²) in [6.45, 7) is 0.945. The molecule has 35 heavy (non-hydrogen) atoms. The Balaban J connectivity index is 1.65. The molecule has 7 nitrogen and oxygen atoms in total. The van der Waals surface area contributed by atoms with E-state index >= 15 is 0 Å². The van der Waals surface area contributed by atoms with Crippen molar-refractivity contribution in [3.05, 3.63) is 95.0 Å². The van der Waals surface area contributed by atoms with E-state index in [0.717, 1.165) is 16.8 Å². The van der Waals surface area contributed by atoms with Gasteiger partial charge < -0.3 is 20.1 Å². The first kappa shape index (κ1) is 24.3. The predicted molar refractivity (Wildman–Crippen MR) is 134 cm³/mol. The third-order valence-electron chi connectivity index (χ3n) is 5.07. The summed E-state index contributed by atoms with van der Waals surface area (Å²) in [4.78, 5) is 21.1. The molecule has 0 fully saturated rings. The number of anilines is 1. The number of nitrogens with one attached hydrogen (secondary N) is 2. The summed E-state index contributed by atoms with van der Waals surface area (Å²) in [5, 5.41) is 8.29. The standard InChI is InChI=1S/C26H25FN4O3S/c1-28-10-8-18-13-23(33-17-21-6-2-3-9-29-21)24(34-22-7-4-5-20(27)16-22)14-19(18)15-25(32)31-26-30-11-12-35-26/h2-7,9,11-14,16,28H,8,10,15,17H2,1H3,(H,30,31,32). The molecule has 2 aromatic carbocycles. The molecule has 0 spiro atoms. The Morgan fingerprint density at radius 2 is 1.91 bits per heavy atom. The van der Waals surface area contributed by atoms with Crippen LogP contribution in [0.4, 0.5) is 9.52 Å². The lowest BCUT2D eigenvalue weighted by atomic mass is 10.00. The highest BCUT2D eigenvalue weighted by Crippen LogP contribution is 2.36. The minimum atomic E-state index is -0.410. The van der Waals surface area contributed by atoms with Crippen LogP contribution in [0.3, 0.4) is 0 Å². The minimum Gasteiger partial charge on any atom is -0.483 e. The van der Waals surface area contributed by atoms with Crippen molar-refractivity contribution in [2.24, 2.45) is 0 Å². The van der Waals surface area contributed by atoms with E-state index in [4.69, 9.17) is 9.47 Å². The van der Waals surface area contributed by atoms with Gasteiger partial charge in [0.2, 0.25) is 5.91 Å². The highest BCUT2D eigenvalue weighted by atomic mass is 32.1. The second-order valence-electron chi connectivity index (χ2n) is 7.65. The third-order valence-corrected chi connectivity index (χ3v) is 5.75. The van der Waals surface area contributed by atoms with Gasteiger partial charge in [-0.15, -0.1) is 11.3 Å². The Bertz CT molecular complexity index is 1250. The van der Waals surface area contributed by atoms with E-state index in [-0.39, 0.29) is 18.9 Å². The van der Waals surface area contributed by atoms with Gasteiger partial charge in [0.15, 0.2) is 16.6 Å². The van der Waals surface area contributed by atoms with Crippen molar-refractivity contribution in [3.8, 4) is 17.2 Å². The Labute approximate surface area is 207 Å². The van der Waals surface area contributed by atoms with Crippen LogP contribution in [-0.2, 0) is 24.2 Å². The van der Waals surface area contributed by atoms with E-state index in [1.54, 1.807) is 36.0 Å². The molecular formula is C26H25FN4O3S. The number of nitrogens with zero attached hydrogens (tertiary/aromatic N) is 2. The van der Waals surface area contributed by atoms with Crippen LogP contribution in [0.15, 0.2) is 72.4 Å². The number of carbonyl (C=O) groups is 1. The number of thiazole rings is 1. The molecule has 1 amide bonds. The van der Waals surface area contributed by atoms with E-state index in [2.05, 4.69) is 20.6 Å². The van der Waals surface area contributed by atoms with Gasteiger partial charge in [-0.1, -0.05) is 12.1 Å². The number of rotatable bonds is 11. The van der Waals surface area contributed by atoms with Crippen molar-refractivity contribution >= 4 is 22.4 Å². The summed E-state index contributed by atoms with van der Waals surface area (Å²) in [6, 6.07) is 15.1. The molecule has 9 heteroatoms. The van der Waals surface area contributed by atoms with Gasteiger partial charge in [0.1, 0.15) is 18.2 Å². The van der Waals surface area contributed by atoms with Crippen molar-refractivity contribution in [2.75, 3.05) is 18.9 Å². The maximum Gasteiger partial charge on any atom is 0.230 e. The maximum absolute atomic E-state index is 13.8. The number of hydrogen-bond acceptors (Lipinski definition) is 7. The van der Waals surface area contributed by atoms with Crippen LogP contribution in [0.2, 0.25) is 0 Å². The van der Waals surface area contributed by atoms with Crippen LogP contribution in [0.1, 0.15) is 16.8 Å². The van der Waals surface area contributed by atoms with Crippen LogP contribution >= 0.6 is 11.3 Å². The molecule has 0 aliphatic carbocycles. The largest absolute Gasteiger partial charge is 0.483 e. The number of aromatic nitrogens is 2. The zero-order chi connectivity index (χ0) is 24.5. The molecule has 0 saturated carbocycles. The molecule has 180 valence electrons.